The first-order valence-electron chi connectivity index (χ1n) is 9.50. The molecule has 3 aromatic carbocycles. The Hall–Kier alpha value is -2.95. The maximum atomic E-state index is 11.9. The Kier molecular flexibility index (Phi) is 7.41. The zero-order valence-electron chi connectivity index (χ0n) is 17.9. The molecule has 0 saturated carbocycles. The molecule has 0 fully saturated rings. The van der Waals surface area contributed by atoms with E-state index >= 15 is 0 Å². The van der Waals surface area contributed by atoms with Gasteiger partial charge in [0, 0.05) is 28.1 Å². The van der Waals surface area contributed by atoms with Gasteiger partial charge in [0.2, 0.25) is 0 Å². The summed E-state index contributed by atoms with van der Waals surface area (Å²) in [6.45, 7) is 1.49. The predicted molar refractivity (Wildman–Crippen MR) is 120 cm³/mol. The second kappa shape index (κ2) is 9.90. The summed E-state index contributed by atoms with van der Waals surface area (Å²) < 4.78 is 35.3. The average molecular weight is 468 g/mol. The molecule has 0 unspecified atom stereocenters. The molecule has 0 amide bonds. The van der Waals surface area contributed by atoms with E-state index in [9.17, 15) is 17.8 Å². The SMILES string of the molecule is CC(=O)c1ccccc1-c1cncc(N=Nc2cc(S(=O)(=O)[O-])c3ccccc3c2N)c1.[Na+]. The topological polar surface area (TPSA) is 138 Å². The molecule has 1 heterocycles. The Balaban J connectivity index is 0.00000306. The molecule has 10 heteroatoms. The smallest absolute Gasteiger partial charge is 0.744 e. The molecule has 8 nitrogen and oxygen atoms in total. The van der Waals surface area contributed by atoms with Gasteiger partial charge < -0.3 is 10.3 Å². The van der Waals surface area contributed by atoms with Crippen molar-refractivity contribution in [3.63, 3.8) is 0 Å². The van der Waals surface area contributed by atoms with E-state index in [2.05, 4.69) is 15.2 Å². The summed E-state index contributed by atoms with van der Waals surface area (Å²) in [4.78, 5) is 15.7. The molecule has 33 heavy (non-hydrogen) atoms. The van der Waals surface area contributed by atoms with E-state index in [4.69, 9.17) is 5.73 Å². The van der Waals surface area contributed by atoms with Crippen LogP contribution in [0.1, 0.15) is 17.3 Å². The standard InChI is InChI=1S/C23H18N4O4S.Na/c1-14(28)17-6-2-3-7-18(17)15-10-16(13-25-12-15)26-27-21-11-22(32(29,30)31)19-8-4-5-9-20(19)23(21)24;/h2-13H,24H2,1H3,(H,29,30,31);/q;+1/p-1. The number of pyridine rings is 1. The molecule has 1 aromatic heterocycles. The maximum absolute atomic E-state index is 11.9. The van der Waals surface area contributed by atoms with Crippen LogP contribution in [0, 0.1) is 0 Å². The molecule has 4 rings (SSSR count). The van der Waals surface area contributed by atoms with Gasteiger partial charge in [-0.3, -0.25) is 9.78 Å². The van der Waals surface area contributed by atoms with Crippen LogP contribution in [-0.4, -0.2) is 23.7 Å². The van der Waals surface area contributed by atoms with Crippen molar-refractivity contribution in [2.75, 3.05) is 5.73 Å². The number of ketones is 1. The molecule has 0 aliphatic heterocycles. The van der Waals surface area contributed by atoms with Crippen LogP contribution >= 0.6 is 0 Å². The third-order valence-corrected chi connectivity index (χ3v) is 5.79. The van der Waals surface area contributed by atoms with Crippen LogP contribution in [0.3, 0.4) is 0 Å². The van der Waals surface area contributed by atoms with Crippen molar-refractivity contribution in [2.45, 2.75) is 11.8 Å². The monoisotopic (exact) mass is 468 g/mol. The summed E-state index contributed by atoms with van der Waals surface area (Å²) in [6.07, 6.45) is 3.07. The van der Waals surface area contributed by atoms with Crippen molar-refractivity contribution in [2.24, 2.45) is 10.2 Å². The van der Waals surface area contributed by atoms with Crippen LogP contribution in [-0.2, 0) is 10.1 Å². The number of hydrogen-bond acceptors (Lipinski definition) is 8. The van der Waals surface area contributed by atoms with Crippen molar-refractivity contribution in [1.29, 1.82) is 0 Å². The fraction of sp³-hybridized carbons (Fsp3) is 0.0435. The average Bonchev–Trinajstić information content (AvgIpc) is 2.78. The summed E-state index contributed by atoms with van der Waals surface area (Å²) >= 11 is 0. The van der Waals surface area contributed by atoms with Crippen LogP contribution in [0.5, 0.6) is 0 Å². The van der Waals surface area contributed by atoms with Crippen LogP contribution < -0.4 is 35.3 Å². The summed E-state index contributed by atoms with van der Waals surface area (Å²) in [5.41, 5.74) is 8.69. The number of carbonyl (C=O) groups is 1. The molecular formula is C23H17N4NaO4S. The number of azo groups is 1. The second-order valence-electron chi connectivity index (χ2n) is 7.04. The number of aromatic nitrogens is 1. The Labute approximate surface area is 212 Å². The molecule has 0 saturated heterocycles. The molecule has 160 valence electrons. The Bertz CT molecular complexity index is 1500. The van der Waals surface area contributed by atoms with Gasteiger partial charge in [0.1, 0.15) is 21.5 Å². The van der Waals surface area contributed by atoms with Gasteiger partial charge in [-0.25, -0.2) is 8.42 Å². The first-order chi connectivity index (χ1) is 15.3. The van der Waals surface area contributed by atoms with Gasteiger partial charge in [0.25, 0.3) is 0 Å². The van der Waals surface area contributed by atoms with Crippen molar-refractivity contribution < 1.29 is 47.3 Å². The normalized spacial score (nSPS) is 11.5. The minimum atomic E-state index is -4.76. The van der Waals surface area contributed by atoms with E-state index in [1.165, 1.54) is 19.2 Å². The molecule has 4 aromatic rings. The number of nitrogens with two attached hydrogens (primary N) is 1. The van der Waals surface area contributed by atoms with Crippen LogP contribution in [0.15, 0.2) is 88.2 Å². The number of carbonyl (C=O) groups excluding carboxylic acids is 1. The van der Waals surface area contributed by atoms with E-state index in [0.717, 1.165) is 6.07 Å². The van der Waals surface area contributed by atoms with Crippen molar-refractivity contribution in [1.82, 2.24) is 4.98 Å². The summed E-state index contributed by atoms with van der Waals surface area (Å²) in [5, 5.41) is 8.83. The summed E-state index contributed by atoms with van der Waals surface area (Å²) in [6, 6.07) is 16.4. The third kappa shape index (κ3) is 5.18. The fourth-order valence-electron chi connectivity index (χ4n) is 3.42. The third-order valence-electron chi connectivity index (χ3n) is 4.91. The van der Waals surface area contributed by atoms with Gasteiger partial charge in [-0.05, 0) is 24.6 Å². The summed E-state index contributed by atoms with van der Waals surface area (Å²) in [7, 11) is -4.76. The van der Waals surface area contributed by atoms with E-state index < -0.39 is 15.0 Å². The largest absolute Gasteiger partial charge is 1.00 e. The van der Waals surface area contributed by atoms with Crippen molar-refractivity contribution in [3.8, 4) is 11.1 Å². The molecule has 0 aliphatic carbocycles. The minimum Gasteiger partial charge on any atom is -0.744 e. The van der Waals surface area contributed by atoms with Crippen molar-refractivity contribution >= 4 is 43.7 Å². The number of anilines is 1. The number of Topliss-reactive ketones (excluding diaryl/α,β-unsaturated/α-hetero) is 1. The fourth-order valence-corrected chi connectivity index (χ4v) is 4.13. The van der Waals surface area contributed by atoms with E-state index in [-0.39, 0.29) is 52.1 Å². The van der Waals surface area contributed by atoms with Crippen molar-refractivity contribution in [3.05, 3.63) is 78.6 Å². The Morgan fingerprint density at radius 3 is 2.33 bits per heavy atom. The minimum absolute atomic E-state index is 0. The van der Waals surface area contributed by atoms with Gasteiger partial charge in [0.05, 0.1) is 16.8 Å². The van der Waals surface area contributed by atoms with Gasteiger partial charge >= 0.3 is 29.6 Å². The molecule has 0 atom stereocenters. The molecule has 0 aliphatic rings. The molecule has 2 N–H and O–H groups in total. The zero-order valence-corrected chi connectivity index (χ0v) is 20.7. The maximum Gasteiger partial charge on any atom is 1.00 e. The summed E-state index contributed by atoms with van der Waals surface area (Å²) in [5.74, 6) is -0.0806. The number of nitrogen functional groups attached to an aromatic ring is 1. The Morgan fingerprint density at radius 2 is 1.64 bits per heavy atom. The van der Waals surface area contributed by atoms with E-state index in [1.54, 1.807) is 48.7 Å². The van der Waals surface area contributed by atoms with Gasteiger partial charge in [-0.1, -0.05) is 48.5 Å². The number of benzene rings is 3. The van der Waals surface area contributed by atoms with Crippen LogP contribution in [0.4, 0.5) is 17.1 Å². The molecule has 0 radical (unpaired) electrons. The first kappa shape index (κ1) is 24.7. The van der Waals surface area contributed by atoms with Gasteiger partial charge in [-0.2, -0.15) is 0 Å². The number of fused-ring (bicyclic) bond motifs is 1. The number of hydrogen-bond donors (Lipinski definition) is 1. The van der Waals surface area contributed by atoms with Gasteiger partial charge in [-0.15, -0.1) is 10.2 Å². The van der Waals surface area contributed by atoms with Gasteiger partial charge in [0.15, 0.2) is 5.78 Å². The number of rotatable bonds is 5. The van der Waals surface area contributed by atoms with Crippen LogP contribution in [0.2, 0.25) is 0 Å². The quantitative estimate of drug-likeness (QED) is 0.156. The number of nitrogens with zero attached hydrogens (tertiary/aromatic N) is 3. The molecular weight excluding hydrogens is 451 g/mol. The Morgan fingerprint density at radius 1 is 0.970 bits per heavy atom. The first-order valence-corrected chi connectivity index (χ1v) is 10.9. The molecule has 0 bridgehead atoms. The predicted octanol–water partition coefficient (Wildman–Crippen LogP) is 2.01. The second-order valence-corrected chi connectivity index (χ2v) is 8.39. The van der Waals surface area contributed by atoms with E-state index in [1.807, 2.05) is 6.07 Å². The van der Waals surface area contributed by atoms with E-state index in [0.29, 0.717) is 27.8 Å². The molecule has 0 spiro atoms. The zero-order chi connectivity index (χ0) is 22.9. The van der Waals surface area contributed by atoms with Crippen LogP contribution in [0.25, 0.3) is 21.9 Å².